The Kier molecular flexibility index (Phi) is 17.0. The zero-order chi connectivity index (χ0) is 57.5. The summed E-state index contributed by atoms with van der Waals surface area (Å²) in [4.78, 5) is 34.2. The van der Waals surface area contributed by atoms with Gasteiger partial charge in [-0.05, 0) is 120 Å². The van der Waals surface area contributed by atoms with Gasteiger partial charge in [0.05, 0.1) is 61.2 Å². The van der Waals surface area contributed by atoms with Crippen LogP contribution < -0.4 is 33.2 Å². The molecule has 12 rings (SSSR count). The van der Waals surface area contributed by atoms with Gasteiger partial charge in [0.1, 0.15) is 64.5 Å². The van der Waals surface area contributed by atoms with Gasteiger partial charge in [0.15, 0.2) is 17.7 Å². The fourth-order valence-electron chi connectivity index (χ4n) is 9.93. The number of carbonyl (C=O) groups is 1. The molecule has 0 radical (unpaired) electrons. The number of para-hydroxylation sites is 1. The highest BCUT2D eigenvalue weighted by Crippen LogP contribution is 2.50. The molecule has 0 saturated heterocycles. The van der Waals surface area contributed by atoms with Crippen molar-refractivity contribution >= 4 is 50.7 Å². The summed E-state index contributed by atoms with van der Waals surface area (Å²) in [5.74, 6) is 2.30. The Labute approximate surface area is 492 Å². The predicted octanol–water partition coefficient (Wildman–Crippen LogP) is 14.2. The van der Waals surface area contributed by atoms with E-state index in [1.54, 1.807) is 83.0 Å². The molecule has 2 aliphatic heterocycles. The highest BCUT2D eigenvalue weighted by molar-refractivity contribution is 7.22. The van der Waals surface area contributed by atoms with E-state index in [0.29, 0.717) is 83.2 Å². The average molecular weight is 1170 g/mol. The summed E-state index contributed by atoms with van der Waals surface area (Å²) in [7, 11) is 4.83. The van der Waals surface area contributed by atoms with Crippen LogP contribution in [0, 0.1) is 5.82 Å². The van der Waals surface area contributed by atoms with E-state index in [4.69, 9.17) is 70.8 Å². The van der Waals surface area contributed by atoms with Crippen LogP contribution in [0.2, 0.25) is 10.0 Å². The molecule has 3 aromatic heterocycles. The average Bonchev–Trinajstić information content (AvgIpc) is 3.45. The number of benzene rings is 7. The number of rotatable bonds is 16. The van der Waals surface area contributed by atoms with Crippen molar-refractivity contribution in [1.29, 1.82) is 0 Å². The number of hydrogen-bond donors (Lipinski definition) is 0. The third-order valence-corrected chi connectivity index (χ3v) is 15.6. The van der Waals surface area contributed by atoms with Gasteiger partial charge in [-0.15, -0.1) is 11.3 Å². The Balaban J connectivity index is 1.05. The lowest BCUT2D eigenvalue weighted by atomic mass is 9.80. The number of ether oxygens (including phenoxy) is 9. The van der Waals surface area contributed by atoms with Crippen LogP contribution in [0.3, 0.4) is 0 Å². The summed E-state index contributed by atoms with van der Waals surface area (Å²) < 4.78 is 71.6. The van der Waals surface area contributed by atoms with Crippen LogP contribution in [0.15, 0.2) is 176 Å². The number of nitrogens with zero attached hydrogens (tertiary/aromatic N) is 4. The Bertz CT molecular complexity index is 3840. The Morgan fingerprint density at radius 2 is 1.41 bits per heavy atom. The Morgan fingerprint density at radius 1 is 0.723 bits per heavy atom. The van der Waals surface area contributed by atoms with Gasteiger partial charge in [-0.1, -0.05) is 102 Å². The van der Waals surface area contributed by atoms with E-state index in [1.807, 2.05) is 103 Å². The van der Waals surface area contributed by atoms with E-state index in [0.717, 1.165) is 16.7 Å². The third kappa shape index (κ3) is 12.0. The Morgan fingerprint density at radius 3 is 2.10 bits per heavy atom. The molecule has 0 saturated carbocycles. The highest BCUT2D eigenvalue weighted by Gasteiger charge is 2.39. The maximum atomic E-state index is 14.6. The van der Waals surface area contributed by atoms with Gasteiger partial charge in [-0.3, -0.25) is 0 Å². The van der Waals surface area contributed by atoms with Crippen LogP contribution in [0.1, 0.15) is 34.9 Å². The number of esters is 1. The van der Waals surface area contributed by atoms with Crippen molar-refractivity contribution in [2.45, 2.75) is 37.8 Å². The van der Waals surface area contributed by atoms with E-state index in [9.17, 15) is 9.18 Å². The molecule has 4 bridgehead atoms. The van der Waals surface area contributed by atoms with Gasteiger partial charge in [-0.25, -0.2) is 29.1 Å². The van der Waals surface area contributed by atoms with Crippen LogP contribution >= 0.6 is 34.5 Å². The molecule has 0 aliphatic carbocycles. The van der Waals surface area contributed by atoms with Crippen LogP contribution in [0.4, 0.5) is 4.39 Å². The van der Waals surface area contributed by atoms with Crippen LogP contribution in [0.5, 0.6) is 40.4 Å². The number of aromatic nitrogens is 4. The molecule has 0 N–H and O–H groups in total. The summed E-state index contributed by atoms with van der Waals surface area (Å²) in [6.07, 6.45) is 0.698. The number of methoxy groups -OCH3 is 3. The first-order chi connectivity index (χ1) is 40.5. The monoisotopic (exact) mass is 1170 g/mol. The maximum absolute atomic E-state index is 14.6. The quantitative estimate of drug-likeness (QED) is 0.0666. The van der Waals surface area contributed by atoms with Gasteiger partial charge in [-0.2, -0.15) is 0 Å². The van der Waals surface area contributed by atoms with Crippen molar-refractivity contribution in [3.63, 3.8) is 0 Å². The summed E-state index contributed by atoms with van der Waals surface area (Å²) in [5, 5.41) is 0.745. The lowest BCUT2D eigenvalue weighted by Crippen LogP contribution is -2.39. The lowest BCUT2D eigenvalue weighted by Gasteiger charge is -2.37. The summed E-state index contributed by atoms with van der Waals surface area (Å²) in [6, 6.07) is 49.3. The molecule has 10 aromatic rings. The predicted molar refractivity (Wildman–Crippen MR) is 316 cm³/mol. The molecule has 5 heterocycles. The minimum absolute atomic E-state index is 0.0112. The fraction of sp³-hybridized carbons (Fsp3) is 0.185. The number of thiophene rings is 1. The highest BCUT2D eigenvalue weighted by atomic mass is 35.5. The molecule has 83 heavy (non-hydrogen) atoms. The molecule has 0 spiro atoms. The minimum Gasteiger partial charge on any atom is -0.497 e. The lowest BCUT2D eigenvalue weighted by molar-refractivity contribution is -0.151. The first kappa shape index (κ1) is 56.1. The van der Waals surface area contributed by atoms with Gasteiger partial charge >= 0.3 is 5.97 Å². The van der Waals surface area contributed by atoms with E-state index < -0.39 is 29.6 Å². The van der Waals surface area contributed by atoms with E-state index >= 15 is 0 Å². The van der Waals surface area contributed by atoms with Crippen molar-refractivity contribution in [3.05, 3.63) is 220 Å². The normalized spacial score (nSPS) is 14.2. The summed E-state index contributed by atoms with van der Waals surface area (Å²) in [5.41, 5.74) is 4.70. The smallest absolute Gasteiger partial charge is 0.347 e. The number of hydrogen-bond acceptors (Lipinski definition) is 15. The standard InChI is InChI=1S/C65H53Cl2FN4O10S/c1-5-77-64(73)56-34-40-31-49(27-28-54(40)79-35-46-29-30-69-61(72-46)51-13-9-10-14-55(51)76-4)78-36-50(37-80-65(42-11-7-6-8-12-42,43-17-23-47(74-2)24-18-43)44-19-25-48(75-3)26-20-44)81-59-52(66)32-41(33-53(59)67)57-58-62(82-56)70-38-71-63(58)83-60(57)39-15-21-45(68)22-16-39/h6-33,38,50,56H,5,34-37H2,1-4H3/t50-,56+/m0/s1. The van der Waals surface area contributed by atoms with Crippen molar-refractivity contribution in [2.75, 3.05) is 41.2 Å². The van der Waals surface area contributed by atoms with Gasteiger partial charge in [0.2, 0.25) is 12.0 Å². The van der Waals surface area contributed by atoms with Crippen molar-refractivity contribution < 1.29 is 51.8 Å². The van der Waals surface area contributed by atoms with Crippen LogP contribution in [0.25, 0.3) is 43.2 Å². The molecule has 14 nitrogen and oxygen atoms in total. The van der Waals surface area contributed by atoms with Crippen molar-refractivity contribution in [3.8, 4) is 73.3 Å². The second kappa shape index (κ2) is 25.1. The largest absolute Gasteiger partial charge is 0.497 e. The van der Waals surface area contributed by atoms with Gasteiger partial charge in [0, 0.05) is 28.6 Å². The summed E-state index contributed by atoms with van der Waals surface area (Å²) >= 11 is 16.0. The SMILES string of the molecule is CCOC(=O)[C@H]1Cc2cc(ccc2OCc2ccnc(-c3ccccc3OC)n2)OC[C@@H](COC(c2ccccc2)(c2ccc(OC)cc2)c2ccc(OC)cc2)Oc2c(Cl)cc(cc2Cl)-c2c(-c3ccc(F)cc3)sc3ncnc(c23)O1. The molecular formula is C65H53Cl2FN4O10S. The fourth-order valence-corrected chi connectivity index (χ4v) is 11.7. The first-order valence-electron chi connectivity index (χ1n) is 26.4. The molecular weight excluding hydrogens is 1120 g/mol. The topological polar surface area (TPSA) is 152 Å². The van der Waals surface area contributed by atoms with E-state index in [1.165, 1.54) is 29.8 Å². The third-order valence-electron chi connectivity index (χ3n) is 13.9. The minimum atomic E-state index is -1.30. The van der Waals surface area contributed by atoms with E-state index in [2.05, 4.69) is 15.0 Å². The zero-order valence-corrected chi connectivity index (χ0v) is 47.7. The molecule has 18 heteroatoms. The van der Waals surface area contributed by atoms with Gasteiger partial charge < -0.3 is 42.6 Å². The maximum Gasteiger partial charge on any atom is 0.347 e. The number of fused-ring (bicyclic) bond motifs is 7. The van der Waals surface area contributed by atoms with Crippen LogP contribution in [-0.4, -0.2) is 79.3 Å². The molecule has 2 aliphatic rings. The van der Waals surface area contributed by atoms with Gasteiger partial charge in [0.25, 0.3) is 0 Å². The molecule has 2 atom stereocenters. The first-order valence-corrected chi connectivity index (χ1v) is 28.0. The Hall–Kier alpha value is -8.80. The summed E-state index contributed by atoms with van der Waals surface area (Å²) in [6.45, 7) is 1.56. The molecule has 7 aromatic carbocycles. The molecule has 0 unspecified atom stereocenters. The van der Waals surface area contributed by atoms with Crippen molar-refractivity contribution in [1.82, 2.24) is 19.9 Å². The second-order valence-corrected chi connectivity index (χ2v) is 20.8. The van der Waals surface area contributed by atoms with Crippen LogP contribution in [-0.2, 0) is 32.9 Å². The number of halogens is 3. The zero-order valence-electron chi connectivity index (χ0n) is 45.3. The second-order valence-electron chi connectivity index (χ2n) is 19.0. The molecule has 420 valence electrons. The van der Waals surface area contributed by atoms with Crippen molar-refractivity contribution in [2.24, 2.45) is 0 Å². The number of carbonyl (C=O) groups excluding carboxylic acids is 1. The van der Waals surface area contributed by atoms with E-state index in [-0.39, 0.29) is 54.5 Å². The molecule has 0 fully saturated rings. The molecule has 0 amide bonds.